The molecule has 0 aromatic heterocycles. The lowest BCUT2D eigenvalue weighted by atomic mass is 10.0. The Labute approximate surface area is 185 Å². The van der Waals surface area contributed by atoms with Gasteiger partial charge in [-0.05, 0) is 60.5 Å². The number of hydrogen-bond acceptors (Lipinski definition) is 5. The number of benzene rings is 2. The van der Waals surface area contributed by atoms with E-state index in [-0.39, 0.29) is 23.6 Å². The fraction of sp³-hybridized carbons (Fsp3) is 0.375. The number of likely N-dealkylation sites (tertiary alicyclic amines) is 1. The van der Waals surface area contributed by atoms with Crippen molar-refractivity contribution in [2.45, 2.75) is 25.7 Å². The van der Waals surface area contributed by atoms with Crippen LogP contribution in [0.2, 0.25) is 0 Å². The van der Waals surface area contributed by atoms with E-state index in [9.17, 15) is 14.4 Å². The highest BCUT2D eigenvalue weighted by Crippen LogP contribution is 2.36. The molecule has 2 aromatic carbocycles. The van der Waals surface area contributed by atoms with E-state index in [4.69, 9.17) is 0 Å². The van der Waals surface area contributed by atoms with Crippen LogP contribution in [-0.2, 0) is 9.59 Å². The Morgan fingerprint density at radius 2 is 1.58 bits per heavy atom. The molecule has 0 bridgehead atoms. The molecule has 7 heteroatoms. The zero-order chi connectivity index (χ0) is 21.4. The molecule has 0 saturated carbocycles. The second kappa shape index (κ2) is 8.38. The van der Waals surface area contributed by atoms with Crippen LogP contribution in [-0.4, -0.2) is 59.6 Å². The number of imide groups is 1. The van der Waals surface area contributed by atoms with Crippen molar-refractivity contribution in [3.05, 3.63) is 46.9 Å². The Hall–Kier alpha value is -2.80. The van der Waals surface area contributed by atoms with Crippen molar-refractivity contribution in [3.8, 4) is 0 Å². The third-order valence-corrected chi connectivity index (χ3v) is 7.20. The summed E-state index contributed by atoms with van der Waals surface area (Å²) in [6.45, 7) is 3.37. The highest BCUT2D eigenvalue weighted by atomic mass is 32.2. The van der Waals surface area contributed by atoms with E-state index in [1.54, 1.807) is 11.0 Å². The van der Waals surface area contributed by atoms with Crippen LogP contribution < -0.4 is 4.90 Å². The van der Waals surface area contributed by atoms with Crippen LogP contribution in [0.1, 0.15) is 31.2 Å². The number of fused-ring (bicyclic) bond motifs is 1. The van der Waals surface area contributed by atoms with Crippen LogP contribution in [0.15, 0.2) is 41.3 Å². The molecular weight excluding hydrogens is 410 g/mol. The monoisotopic (exact) mass is 435 g/mol. The largest absolute Gasteiger partial charge is 0.371 e. The van der Waals surface area contributed by atoms with Crippen LogP contribution in [0.5, 0.6) is 0 Å². The number of carbonyl (C=O) groups is 3. The molecule has 0 atom stereocenters. The lowest BCUT2D eigenvalue weighted by Gasteiger charge is -2.20. The van der Waals surface area contributed by atoms with Gasteiger partial charge in [-0.1, -0.05) is 30.3 Å². The zero-order valence-electron chi connectivity index (χ0n) is 17.4. The molecule has 0 aliphatic carbocycles. The first-order valence-corrected chi connectivity index (χ1v) is 11.7. The molecule has 3 aliphatic heterocycles. The van der Waals surface area contributed by atoms with Gasteiger partial charge in [-0.25, -0.2) is 0 Å². The third-order valence-electron chi connectivity index (χ3n) is 6.29. The average molecular weight is 436 g/mol. The zero-order valence-corrected chi connectivity index (χ0v) is 18.2. The summed E-state index contributed by atoms with van der Waals surface area (Å²) in [6, 6.07) is 12.3. The van der Waals surface area contributed by atoms with Crippen molar-refractivity contribution in [2.75, 3.05) is 37.6 Å². The first kappa shape index (κ1) is 20.1. The Morgan fingerprint density at radius 1 is 0.903 bits per heavy atom. The van der Waals surface area contributed by atoms with E-state index in [2.05, 4.69) is 23.1 Å². The maximum absolute atomic E-state index is 12.9. The normalized spacial score (nSPS) is 20.6. The molecule has 6 nitrogen and oxygen atoms in total. The van der Waals surface area contributed by atoms with E-state index in [0.717, 1.165) is 58.9 Å². The van der Waals surface area contributed by atoms with Gasteiger partial charge >= 0.3 is 0 Å². The van der Waals surface area contributed by atoms with Crippen molar-refractivity contribution in [3.63, 3.8) is 0 Å². The number of thioether (sulfide) groups is 1. The molecule has 3 aliphatic rings. The van der Waals surface area contributed by atoms with Crippen LogP contribution in [0.4, 0.5) is 10.5 Å². The summed E-state index contributed by atoms with van der Waals surface area (Å²) in [4.78, 5) is 43.4. The Kier molecular flexibility index (Phi) is 5.44. The minimum Gasteiger partial charge on any atom is -0.371 e. The molecule has 3 amide bonds. The Morgan fingerprint density at radius 3 is 2.32 bits per heavy atom. The average Bonchev–Trinajstić information content (AvgIpc) is 3.54. The molecule has 0 radical (unpaired) electrons. The first-order valence-electron chi connectivity index (χ1n) is 10.9. The second-order valence-corrected chi connectivity index (χ2v) is 9.26. The molecule has 0 unspecified atom stereocenters. The van der Waals surface area contributed by atoms with E-state index >= 15 is 0 Å². The highest BCUT2D eigenvalue weighted by Gasteiger charge is 2.37. The van der Waals surface area contributed by atoms with Gasteiger partial charge in [-0.2, -0.15) is 0 Å². The van der Waals surface area contributed by atoms with Gasteiger partial charge in [0, 0.05) is 37.3 Å². The Balaban J connectivity index is 1.42. The van der Waals surface area contributed by atoms with Crippen molar-refractivity contribution in [1.82, 2.24) is 9.80 Å². The lowest BCUT2D eigenvalue weighted by molar-refractivity contribution is -0.135. The van der Waals surface area contributed by atoms with Crippen LogP contribution in [0.3, 0.4) is 0 Å². The van der Waals surface area contributed by atoms with Crippen molar-refractivity contribution >= 4 is 51.4 Å². The molecule has 0 spiro atoms. The van der Waals surface area contributed by atoms with Crippen molar-refractivity contribution < 1.29 is 14.4 Å². The molecule has 160 valence electrons. The number of amides is 3. The standard InChI is InChI=1S/C24H25N3O3S/c28-22(26-13-5-6-14-26)16-27-23(29)21(31-24(27)30)15-17-9-10-20(25-11-3-4-12-25)19-8-2-1-7-18(17)19/h1-2,7-10,15H,3-6,11-14,16H2/b21-15+. The number of carbonyl (C=O) groups excluding carboxylic acids is 3. The quantitative estimate of drug-likeness (QED) is 0.677. The fourth-order valence-electron chi connectivity index (χ4n) is 4.65. The SMILES string of the molecule is O=C(CN1C(=O)S/C(=C/c2ccc(N3CCCC3)c3ccccc23)C1=O)N1CCCC1. The summed E-state index contributed by atoms with van der Waals surface area (Å²) in [7, 11) is 0. The maximum Gasteiger partial charge on any atom is 0.294 e. The van der Waals surface area contributed by atoms with Crippen LogP contribution in [0, 0.1) is 0 Å². The summed E-state index contributed by atoms with van der Waals surface area (Å²) in [5.41, 5.74) is 2.13. The van der Waals surface area contributed by atoms with Crippen molar-refractivity contribution in [2.24, 2.45) is 0 Å². The molecule has 5 rings (SSSR count). The molecule has 0 N–H and O–H groups in total. The number of anilines is 1. The minimum atomic E-state index is -0.379. The minimum absolute atomic E-state index is 0.151. The summed E-state index contributed by atoms with van der Waals surface area (Å²) >= 11 is 0.917. The van der Waals surface area contributed by atoms with E-state index < -0.39 is 0 Å². The topological polar surface area (TPSA) is 60.9 Å². The predicted octanol–water partition coefficient (Wildman–Crippen LogP) is 4.10. The van der Waals surface area contributed by atoms with Crippen molar-refractivity contribution in [1.29, 1.82) is 0 Å². The first-order chi connectivity index (χ1) is 15.1. The smallest absolute Gasteiger partial charge is 0.294 e. The van der Waals surface area contributed by atoms with Gasteiger partial charge in [0.25, 0.3) is 11.1 Å². The predicted molar refractivity (Wildman–Crippen MR) is 124 cm³/mol. The van der Waals surface area contributed by atoms with Gasteiger partial charge in [0.1, 0.15) is 6.54 Å². The number of nitrogens with zero attached hydrogens (tertiary/aromatic N) is 3. The number of hydrogen-bond donors (Lipinski definition) is 0. The molecule has 3 saturated heterocycles. The van der Waals surface area contributed by atoms with Gasteiger partial charge < -0.3 is 9.80 Å². The molecule has 3 heterocycles. The van der Waals surface area contributed by atoms with Gasteiger partial charge in [0.2, 0.25) is 5.91 Å². The molecular formula is C24H25N3O3S. The fourth-order valence-corrected chi connectivity index (χ4v) is 5.47. The van der Waals surface area contributed by atoms with Crippen LogP contribution >= 0.6 is 11.8 Å². The lowest BCUT2D eigenvalue weighted by Crippen LogP contribution is -2.40. The van der Waals surface area contributed by atoms with Gasteiger partial charge in [0.05, 0.1) is 4.91 Å². The summed E-state index contributed by atoms with van der Waals surface area (Å²) in [5.74, 6) is -0.531. The van der Waals surface area contributed by atoms with E-state index in [1.165, 1.54) is 18.5 Å². The highest BCUT2D eigenvalue weighted by molar-refractivity contribution is 8.18. The second-order valence-electron chi connectivity index (χ2n) is 8.27. The molecule has 2 aromatic rings. The summed E-state index contributed by atoms with van der Waals surface area (Å²) in [5, 5.41) is 1.84. The summed E-state index contributed by atoms with van der Waals surface area (Å²) in [6.07, 6.45) is 6.17. The van der Waals surface area contributed by atoms with E-state index in [1.807, 2.05) is 18.2 Å². The third kappa shape index (κ3) is 3.82. The summed E-state index contributed by atoms with van der Waals surface area (Å²) < 4.78 is 0. The maximum atomic E-state index is 12.9. The Bertz CT molecular complexity index is 1080. The van der Waals surface area contributed by atoms with Gasteiger partial charge in [0.15, 0.2) is 0 Å². The van der Waals surface area contributed by atoms with Gasteiger partial charge in [-0.3, -0.25) is 19.3 Å². The van der Waals surface area contributed by atoms with E-state index in [0.29, 0.717) is 18.0 Å². The molecule has 31 heavy (non-hydrogen) atoms. The van der Waals surface area contributed by atoms with Gasteiger partial charge in [-0.15, -0.1) is 0 Å². The number of rotatable bonds is 4. The van der Waals surface area contributed by atoms with Crippen LogP contribution in [0.25, 0.3) is 16.8 Å². The molecule has 3 fully saturated rings.